The Morgan fingerprint density at radius 1 is 0.720 bits per heavy atom. The van der Waals surface area contributed by atoms with Gasteiger partial charge >= 0.3 is 0 Å². The van der Waals surface area contributed by atoms with Gasteiger partial charge in [0.15, 0.2) is 0 Å². The highest BCUT2D eigenvalue weighted by Gasteiger charge is 2.20. The number of hydrogen-bond donors (Lipinski definition) is 0. The number of aliphatic imine (C=N–C) groups is 1. The lowest BCUT2D eigenvalue weighted by atomic mass is 10.0. The van der Waals surface area contributed by atoms with Crippen molar-refractivity contribution >= 4 is 17.2 Å². The Hall–Kier alpha value is -2.22. The maximum Gasteiger partial charge on any atom is 0.207 e. The van der Waals surface area contributed by atoms with Gasteiger partial charge in [0.25, 0.3) is 0 Å². The van der Waals surface area contributed by atoms with Crippen LogP contribution in [0.3, 0.4) is 0 Å². The normalized spacial score (nSPS) is 9.84. The molecule has 1 aliphatic heterocycles. The molecule has 2 aromatic rings. The molecule has 2 heteroatoms. The molecule has 3 rings (SSSR count). The van der Waals surface area contributed by atoms with E-state index in [4.69, 9.17) is 0 Å². The molecular formula is C23H35NO. The fourth-order valence-electron chi connectivity index (χ4n) is 2.02. The summed E-state index contributed by atoms with van der Waals surface area (Å²) in [5, 5.41) is 0. The summed E-state index contributed by atoms with van der Waals surface area (Å²) in [6.07, 6.45) is 0.643. The molecule has 0 aliphatic carbocycles. The van der Waals surface area contributed by atoms with E-state index >= 15 is 0 Å². The Balaban J connectivity index is 0. The Kier molecular flexibility index (Phi) is 16.6. The van der Waals surface area contributed by atoms with Crippen molar-refractivity contribution < 1.29 is 4.79 Å². The van der Waals surface area contributed by atoms with Crippen LogP contribution in [-0.2, 0) is 6.42 Å². The summed E-state index contributed by atoms with van der Waals surface area (Å²) in [7, 11) is 0. The van der Waals surface area contributed by atoms with Crippen molar-refractivity contribution in [3.05, 3.63) is 65.7 Å². The lowest BCUT2D eigenvalue weighted by Gasteiger charge is -1.99. The van der Waals surface area contributed by atoms with E-state index in [0.29, 0.717) is 17.7 Å². The van der Waals surface area contributed by atoms with E-state index < -0.39 is 0 Å². The SMILES string of the molecule is CC.CC.CC.CC.O=C(C1=Nc2ccccc2C1)c1ccccc1. The molecule has 1 heterocycles. The largest absolute Gasteiger partial charge is 0.287 e. The Morgan fingerprint density at radius 2 is 1.20 bits per heavy atom. The maximum absolute atomic E-state index is 12.2. The number of fused-ring (bicyclic) bond motifs is 1. The topological polar surface area (TPSA) is 29.4 Å². The summed E-state index contributed by atoms with van der Waals surface area (Å²) in [5.74, 6) is 0.0294. The molecule has 0 spiro atoms. The molecule has 0 atom stereocenters. The van der Waals surface area contributed by atoms with Gasteiger partial charge in [-0.2, -0.15) is 0 Å². The summed E-state index contributed by atoms with van der Waals surface area (Å²) in [6.45, 7) is 16.0. The third-order valence-corrected chi connectivity index (χ3v) is 2.90. The second-order valence-corrected chi connectivity index (χ2v) is 4.06. The van der Waals surface area contributed by atoms with Crippen molar-refractivity contribution in [3.8, 4) is 0 Å². The number of para-hydroxylation sites is 1. The van der Waals surface area contributed by atoms with Gasteiger partial charge in [0, 0.05) is 12.0 Å². The first-order valence-corrected chi connectivity index (χ1v) is 9.60. The Morgan fingerprint density at radius 3 is 1.72 bits per heavy atom. The predicted molar refractivity (Wildman–Crippen MR) is 113 cm³/mol. The van der Waals surface area contributed by atoms with Gasteiger partial charge in [-0.1, -0.05) is 104 Å². The van der Waals surface area contributed by atoms with Crippen LogP contribution < -0.4 is 0 Å². The lowest BCUT2D eigenvalue weighted by molar-refractivity contribution is 0.106. The van der Waals surface area contributed by atoms with Gasteiger partial charge in [0.05, 0.1) is 11.4 Å². The van der Waals surface area contributed by atoms with E-state index in [-0.39, 0.29) is 5.78 Å². The summed E-state index contributed by atoms with van der Waals surface area (Å²) < 4.78 is 0. The highest BCUT2D eigenvalue weighted by molar-refractivity contribution is 6.47. The Labute approximate surface area is 155 Å². The van der Waals surface area contributed by atoms with Gasteiger partial charge in [-0.05, 0) is 11.6 Å². The number of hydrogen-bond acceptors (Lipinski definition) is 2. The molecule has 0 aromatic heterocycles. The average Bonchev–Trinajstić information content (AvgIpc) is 3.18. The molecule has 0 N–H and O–H groups in total. The first-order valence-electron chi connectivity index (χ1n) is 9.60. The van der Waals surface area contributed by atoms with Crippen molar-refractivity contribution in [2.24, 2.45) is 4.99 Å². The molecule has 138 valence electrons. The second kappa shape index (κ2) is 16.6. The smallest absolute Gasteiger partial charge is 0.207 e. The third-order valence-electron chi connectivity index (χ3n) is 2.90. The summed E-state index contributed by atoms with van der Waals surface area (Å²) in [5.41, 5.74) is 3.40. The zero-order valence-electron chi connectivity index (χ0n) is 17.3. The molecule has 0 saturated carbocycles. The van der Waals surface area contributed by atoms with Crippen LogP contribution >= 0.6 is 0 Å². The highest BCUT2D eigenvalue weighted by atomic mass is 16.1. The standard InChI is InChI=1S/C15H11NO.4C2H6/c17-15(11-6-2-1-3-7-11)14-10-12-8-4-5-9-13(12)16-14;4*1-2/h1-9H,10H2;4*1-2H3. The van der Waals surface area contributed by atoms with Gasteiger partial charge in [0.2, 0.25) is 5.78 Å². The molecule has 0 amide bonds. The molecule has 2 aromatic carbocycles. The first-order chi connectivity index (χ1) is 12.3. The molecule has 0 bridgehead atoms. The molecular weight excluding hydrogens is 306 g/mol. The number of ketones is 1. The minimum absolute atomic E-state index is 0.0294. The molecule has 0 unspecified atom stereocenters. The van der Waals surface area contributed by atoms with Crippen LogP contribution in [0.4, 0.5) is 5.69 Å². The van der Waals surface area contributed by atoms with E-state index in [9.17, 15) is 4.79 Å². The number of Topliss-reactive ketones (excluding diaryl/α,β-unsaturated/α-hetero) is 1. The van der Waals surface area contributed by atoms with Crippen LogP contribution in [-0.4, -0.2) is 11.5 Å². The van der Waals surface area contributed by atoms with Crippen LogP contribution in [0.25, 0.3) is 0 Å². The molecule has 0 fully saturated rings. The van der Waals surface area contributed by atoms with Crippen molar-refractivity contribution in [1.29, 1.82) is 0 Å². The number of rotatable bonds is 2. The van der Waals surface area contributed by atoms with Crippen LogP contribution in [0.1, 0.15) is 71.3 Å². The van der Waals surface area contributed by atoms with Gasteiger partial charge in [-0.3, -0.25) is 4.79 Å². The zero-order chi connectivity index (χ0) is 19.7. The first kappa shape index (κ1) is 25.0. The predicted octanol–water partition coefficient (Wildman–Crippen LogP) is 7.30. The van der Waals surface area contributed by atoms with Crippen LogP contribution in [0, 0.1) is 0 Å². The monoisotopic (exact) mass is 341 g/mol. The molecule has 25 heavy (non-hydrogen) atoms. The quantitative estimate of drug-likeness (QED) is 0.527. The number of nitrogens with zero attached hydrogens (tertiary/aromatic N) is 1. The van der Waals surface area contributed by atoms with Gasteiger partial charge in [0.1, 0.15) is 0 Å². The molecule has 2 nitrogen and oxygen atoms in total. The fraction of sp³-hybridized carbons (Fsp3) is 0.391. The third kappa shape index (κ3) is 7.93. The maximum atomic E-state index is 12.2. The fourth-order valence-corrected chi connectivity index (χ4v) is 2.02. The Bertz CT molecular complexity index is 600. The molecule has 1 aliphatic rings. The van der Waals surface area contributed by atoms with E-state index in [1.807, 2.05) is 110 Å². The minimum Gasteiger partial charge on any atom is -0.287 e. The van der Waals surface area contributed by atoms with Crippen LogP contribution in [0.5, 0.6) is 0 Å². The second-order valence-electron chi connectivity index (χ2n) is 4.06. The summed E-state index contributed by atoms with van der Waals surface area (Å²) in [6, 6.07) is 17.2. The van der Waals surface area contributed by atoms with Crippen molar-refractivity contribution in [1.82, 2.24) is 0 Å². The number of carbonyl (C=O) groups is 1. The molecule has 0 saturated heterocycles. The highest BCUT2D eigenvalue weighted by Crippen LogP contribution is 2.26. The van der Waals surface area contributed by atoms with E-state index in [1.54, 1.807) is 0 Å². The van der Waals surface area contributed by atoms with Crippen molar-refractivity contribution in [2.45, 2.75) is 61.8 Å². The van der Waals surface area contributed by atoms with E-state index in [2.05, 4.69) is 4.99 Å². The van der Waals surface area contributed by atoms with E-state index in [0.717, 1.165) is 11.3 Å². The summed E-state index contributed by atoms with van der Waals surface area (Å²) >= 11 is 0. The van der Waals surface area contributed by atoms with Crippen LogP contribution in [0.15, 0.2) is 59.6 Å². The van der Waals surface area contributed by atoms with Crippen molar-refractivity contribution in [2.75, 3.05) is 0 Å². The summed E-state index contributed by atoms with van der Waals surface area (Å²) in [4.78, 5) is 16.6. The van der Waals surface area contributed by atoms with Crippen LogP contribution in [0.2, 0.25) is 0 Å². The number of carbonyl (C=O) groups excluding carboxylic acids is 1. The number of benzene rings is 2. The molecule has 0 radical (unpaired) electrons. The lowest BCUT2D eigenvalue weighted by Crippen LogP contribution is -2.13. The van der Waals surface area contributed by atoms with Crippen molar-refractivity contribution in [3.63, 3.8) is 0 Å². The van der Waals surface area contributed by atoms with Gasteiger partial charge in [-0.15, -0.1) is 0 Å². The average molecular weight is 342 g/mol. The zero-order valence-corrected chi connectivity index (χ0v) is 17.3. The van der Waals surface area contributed by atoms with Gasteiger partial charge < -0.3 is 0 Å². The minimum atomic E-state index is 0.0294. The van der Waals surface area contributed by atoms with Gasteiger partial charge in [-0.25, -0.2) is 4.99 Å². The van der Waals surface area contributed by atoms with E-state index in [1.165, 1.54) is 0 Å².